The van der Waals surface area contributed by atoms with Crippen LogP contribution in [0, 0.1) is 11.3 Å². The van der Waals surface area contributed by atoms with Crippen molar-refractivity contribution in [1.82, 2.24) is 4.98 Å². The van der Waals surface area contributed by atoms with E-state index in [9.17, 15) is 0 Å². The van der Waals surface area contributed by atoms with Crippen molar-refractivity contribution in [2.75, 3.05) is 5.73 Å². The van der Waals surface area contributed by atoms with Crippen molar-refractivity contribution in [3.63, 3.8) is 0 Å². The quantitative estimate of drug-likeness (QED) is 0.586. The molecule has 4 N–H and O–H groups in total. The van der Waals surface area contributed by atoms with E-state index >= 15 is 0 Å². The fourth-order valence-corrected chi connectivity index (χ4v) is 0.777. The Balaban J connectivity index is 3.23. The first kappa shape index (κ1) is 7.51. The number of hydrogen-bond donors (Lipinski definition) is 2. The molecule has 0 saturated heterocycles. The maximum Gasteiger partial charge on any atom is 0.101 e. The number of rotatable bonds is 1. The summed E-state index contributed by atoms with van der Waals surface area (Å²) in [5.74, 6) is 0. The molecule has 11 heavy (non-hydrogen) atoms. The first-order valence-electron chi connectivity index (χ1n) is 3.13. The van der Waals surface area contributed by atoms with Crippen LogP contribution in [0.2, 0.25) is 0 Å². The number of nitrogen functional groups attached to an aromatic ring is 1. The molecular formula is C7H8N4. The Bertz CT molecular complexity index is 300. The first-order chi connectivity index (χ1) is 5.29. The van der Waals surface area contributed by atoms with Gasteiger partial charge in [0, 0.05) is 12.7 Å². The van der Waals surface area contributed by atoms with E-state index in [0.29, 0.717) is 16.9 Å². The van der Waals surface area contributed by atoms with E-state index in [1.54, 1.807) is 6.07 Å². The number of anilines is 1. The van der Waals surface area contributed by atoms with Gasteiger partial charge in [0.15, 0.2) is 0 Å². The van der Waals surface area contributed by atoms with Crippen LogP contribution in [0.5, 0.6) is 0 Å². The van der Waals surface area contributed by atoms with Gasteiger partial charge in [-0.3, -0.25) is 4.98 Å². The predicted octanol–water partition coefficient (Wildman–Crippen LogP) is -0.00582. The van der Waals surface area contributed by atoms with Crippen molar-refractivity contribution >= 4 is 5.69 Å². The zero-order valence-electron chi connectivity index (χ0n) is 5.91. The van der Waals surface area contributed by atoms with Gasteiger partial charge < -0.3 is 11.5 Å². The van der Waals surface area contributed by atoms with Gasteiger partial charge >= 0.3 is 0 Å². The molecule has 0 spiro atoms. The molecule has 0 aliphatic rings. The molecule has 1 rings (SSSR count). The van der Waals surface area contributed by atoms with E-state index < -0.39 is 0 Å². The molecule has 4 heteroatoms. The SMILES string of the molecule is N#Cc1ccnc(CN)c1N. The van der Waals surface area contributed by atoms with E-state index in [1.165, 1.54) is 6.20 Å². The van der Waals surface area contributed by atoms with Crippen LogP contribution >= 0.6 is 0 Å². The predicted molar refractivity (Wildman–Crippen MR) is 41.3 cm³/mol. The number of pyridine rings is 1. The Morgan fingerprint density at radius 1 is 1.64 bits per heavy atom. The topological polar surface area (TPSA) is 88.7 Å². The second-order valence-electron chi connectivity index (χ2n) is 2.03. The summed E-state index contributed by atoms with van der Waals surface area (Å²) in [6.07, 6.45) is 1.52. The molecule has 0 saturated carbocycles. The average Bonchev–Trinajstić information content (AvgIpc) is 2.05. The van der Waals surface area contributed by atoms with Gasteiger partial charge in [-0.15, -0.1) is 0 Å². The minimum atomic E-state index is 0.265. The minimum absolute atomic E-state index is 0.265. The summed E-state index contributed by atoms with van der Waals surface area (Å²) in [4.78, 5) is 3.90. The normalized spacial score (nSPS) is 9.09. The Hall–Kier alpha value is -1.60. The third-order valence-corrected chi connectivity index (χ3v) is 1.39. The largest absolute Gasteiger partial charge is 0.396 e. The second kappa shape index (κ2) is 2.99. The Morgan fingerprint density at radius 2 is 2.36 bits per heavy atom. The van der Waals surface area contributed by atoms with Gasteiger partial charge in [0.2, 0.25) is 0 Å². The monoisotopic (exact) mass is 148 g/mol. The molecule has 4 nitrogen and oxygen atoms in total. The Morgan fingerprint density at radius 3 is 2.91 bits per heavy atom. The van der Waals surface area contributed by atoms with Crippen LogP contribution in [0.4, 0.5) is 5.69 Å². The number of nitrogens with two attached hydrogens (primary N) is 2. The summed E-state index contributed by atoms with van der Waals surface area (Å²) in [5.41, 5.74) is 12.3. The molecule has 1 heterocycles. The van der Waals surface area contributed by atoms with Crippen molar-refractivity contribution in [2.45, 2.75) is 6.54 Å². The minimum Gasteiger partial charge on any atom is -0.396 e. The molecule has 1 aromatic heterocycles. The molecule has 0 atom stereocenters. The molecule has 0 radical (unpaired) electrons. The van der Waals surface area contributed by atoms with Gasteiger partial charge in [-0.25, -0.2) is 0 Å². The zero-order chi connectivity index (χ0) is 8.27. The summed E-state index contributed by atoms with van der Waals surface area (Å²) in [5, 5.41) is 8.54. The smallest absolute Gasteiger partial charge is 0.101 e. The van der Waals surface area contributed by atoms with E-state index in [2.05, 4.69) is 4.98 Å². The third kappa shape index (κ3) is 1.28. The van der Waals surface area contributed by atoms with Crippen LogP contribution in [0.3, 0.4) is 0 Å². The van der Waals surface area contributed by atoms with E-state index in [4.69, 9.17) is 16.7 Å². The molecule has 0 bridgehead atoms. The summed E-state index contributed by atoms with van der Waals surface area (Å²) in [7, 11) is 0. The summed E-state index contributed by atoms with van der Waals surface area (Å²) >= 11 is 0. The molecule has 1 aromatic rings. The molecule has 0 aromatic carbocycles. The maximum absolute atomic E-state index is 8.54. The molecule has 56 valence electrons. The molecular weight excluding hydrogens is 140 g/mol. The fraction of sp³-hybridized carbons (Fsp3) is 0.143. The lowest BCUT2D eigenvalue weighted by Crippen LogP contribution is -2.05. The van der Waals surface area contributed by atoms with Crippen LogP contribution in [0.1, 0.15) is 11.3 Å². The van der Waals surface area contributed by atoms with E-state index in [-0.39, 0.29) is 6.54 Å². The summed E-state index contributed by atoms with van der Waals surface area (Å²) in [6, 6.07) is 3.51. The number of nitrogens with zero attached hydrogens (tertiary/aromatic N) is 2. The fourth-order valence-electron chi connectivity index (χ4n) is 0.777. The van der Waals surface area contributed by atoms with Crippen LogP contribution in [-0.2, 0) is 6.54 Å². The molecule has 0 amide bonds. The highest BCUT2D eigenvalue weighted by Crippen LogP contribution is 2.12. The highest BCUT2D eigenvalue weighted by Gasteiger charge is 2.02. The molecule has 0 fully saturated rings. The zero-order valence-corrected chi connectivity index (χ0v) is 5.91. The first-order valence-corrected chi connectivity index (χ1v) is 3.13. The molecule has 0 aliphatic heterocycles. The van der Waals surface area contributed by atoms with Crippen molar-refractivity contribution in [3.05, 3.63) is 23.5 Å². The van der Waals surface area contributed by atoms with Crippen molar-refractivity contribution < 1.29 is 0 Å². The van der Waals surface area contributed by atoms with Crippen LogP contribution < -0.4 is 11.5 Å². The van der Waals surface area contributed by atoms with Crippen molar-refractivity contribution in [1.29, 1.82) is 5.26 Å². The van der Waals surface area contributed by atoms with Crippen LogP contribution in [-0.4, -0.2) is 4.98 Å². The lowest BCUT2D eigenvalue weighted by Gasteiger charge is -2.01. The lowest BCUT2D eigenvalue weighted by molar-refractivity contribution is 0.993. The highest BCUT2D eigenvalue weighted by molar-refractivity contribution is 5.56. The van der Waals surface area contributed by atoms with Gasteiger partial charge in [-0.1, -0.05) is 0 Å². The van der Waals surface area contributed by atoms with E-state index in [1.807, 2.05) is 6.07 Å². The lowest BCUT2D eigenvalue weighted by atomic mass is 10.2. The molecule has 0 aliphatic carbocycles. The average molecular weight is 148 g/mol. The van der Waals surface area contributed by atoms with E-state index in [0.717, 1.165) is 0 Å². The summed E-state index contributed by atoms with van der Waals surface area (Å²) < 4.78 is 0. The van der Waals surface area contributed by atoms with Gasteiger partial charge in [0.25, 0.3) is 0 Å². The summed E-state index contributed by atoms with van der Waals surface area (Å²) in [6.45, 7) is 0.265. The van der Waals surface area contributed by atoms with Gasteiger partial charge in [-0.2, -0.15) is 5.26 Å². The number of nitriles is 1. The van der Waals surface area contributed by atoms with Gasteiger partial charge in [-0.05, 0) is 6.07 Å². The third-order valence-electron chi connectivity index (χ3n) is 1.39. The van der Waals surface area contributed by atoms with Crippen LogP contribution in [0.15, 0.2) is 12.3 Å². The Kier molecular flexibility index (Phi) is 2.04. The van der Waals surface area contributed by atoms with Gasteiger partial charge in [0.05, 0.1) is 16.9 Å². The number of aromatic nitrogens is 1. The Labute approximate surface area is 64.5 Å². The van der Waals surface area contributed by atoms with Crippen LogP contribution in [0.25, 0.3) is 0 Å². The van der Waals surface area contributed by atoms with Gasteiger partial charge in [0.1, 0.15) is 6.07 Å². The number of hydrogen-bond acceptors (Lipinski definition) is 4. The second-order valence-corrected chi connectivity index (χ2v) is 2.03. The molecule has 0 unspecified atom stereocenters. The maximum atomic E-state index is 8.54. The standard InChI is InChI=1S/C7H8N4/c8-3-5-1-2-11-6(4-9)7(5)10/h1-2H,4,9-10H2. The van der Waals surface area contributed by atoms with Crippen molar-refractivity contribution in [3.8, 4) is 6.07 Å². The van der Waals surface area contributed by atoms with Crippen molar-refractivity contribution in [2.24, 2.45) is 5.73 Å². The highest BCUT2D eigenvalue weighted by atomic mass is 14.8.